The summed E-state index contributed by atoms with van der Waals surface area (Å²) < 4.78 is 7.49. The van der Waals surface area contributed by atoms with E-state index >= 15 is 0 Å². The molecule has 1 aliphatic rings. The highest BCUT2D eigenvalue weighted by Crippen LogP contribution is 2.38. The van der Waals surface area contributed by atoms with Gasteiger partial charge in [0.25, 0.3) is 0 Å². The van der Waals surface area contributed by atoms with Crippen LogP contribution >= 0.6 is 11.6 Å². The van der Waals surface area contributed by atoms with E-state index in [1.807, 2.05) is 51.6 Å². The molecule has 0 aliphatic heterocycles. The first-order valence-electron chi connectivity index (χ1n) is 10.6. The molecule has 1 atom stereocenters. The maximum Gasteiger partial charge on any atom is 0.157 e. The van der Waals surface area contributed by atoms with Crippen molar-refractivity contribution in [3.8, 4) is 11.3 Å². The molecule has 10 heteroatoms. The van der Waals surface area contributed by atoms with E-state index in [4.69, 9.17) is 32.8 Å². The van der Waals surface area contributed by atoms with Crippen LogP contribution in [-0.2, 0) is 10.3 Å². The minimum absolute atomic E-state index is 0.310. The fourth-order valence-corrected chi connectivity index (χ4v) is 4.16. The highest BCUT2D eigenvalue weighted by molar-refractivity contribution is 6.33. The van der Waals surface area contributed by atoms with Crippen LogP contribution in [0.4, 0.5) is 0 Å². The average molecular weight is 469 g/mol. The van der Waals surface area contributed by atoms with Gasteiger partial charge in [0.2, 0.25) is 0 Å². The molecule has 0 bridgehead atoms. The zero-order valence-electron chi connectivity index (χ0n) is 19.3. The Labute approximate surface area is 198 Å². The van der Waals surface area contributed by atoms with Gasteiger partial charge in [-0.15, -0.1) is 0 Å². The van der Waals surface area contributed by atoms with Crippen molar-refractivity contribution < 1.29 is 4.74 Å². The van der Waals surface area contributed by atoms with E-state index in [1.54, 1.807) is 24.0 Å². The third-order valence-electron chi connectivity index (χ3n) is 5.84. The minimum atomic E-state index is -1.13. The molecule has 4 rings (SSSR count). The predicted molar refractivity (Wildman–Crippen MR) is 129 cm³/mol. The van der Waals surface area contributed by atoms with Gasteiger partial charge in [-0.3, -0.25) is 0 Å². The number of rotatable bonds is 7. The smallest absolute Gasteiger partial charge is 0.157 e. The van der Waals surface area contributed by atoms with Gasteiger partial charge >= 0.3 is 0 Å². The highest BCUT2D eigenvalue weighted by Gasteiger charge is 2.41. The number of halogens is 1. The fourth-order valence-electron chi connectivity index (χ4n) is 3.97. The lowest BCUT2D eigenvalue weighted by molar-refractivity contribution is 0.205. The average Bonchev–Trinajstić information content (AvgIpc) is 3.22. The third-order valence-corrected chi connectivity index (χ3v) is 6.12. The summed E-state index contributed by atoms with van der Waals surface area (Å²) in [5.41, 5.74) is 16.0. The van der Waals surface area contributed by atoms with Crippen LogP contribution in [-0.4, -0.2) is 70.7 Å². The van der Waals surface area contributed by atoms with Gasteiger partial charge in [-0.1, -0.05) is 17.7 Å². The molecule has 3 aromatic rings. The molecule has 0 saturated heterocycles. The summed E-state index contributed by atoms with van der Waals surface area (Å²) in [6.45, 7) is 1.70. The van der Waals surface area contributed by atoms with Gasteiger partial charge in [-0.25, -0.2) is 14.5 Å². The second-order valence-corrected chi connectivity index (χ2v) is 8.88. The first-order chi connectivity index (χ1) is 15.7. The summed E-state index contributed by atoms with van der Waals surface area (Å²) in [6, 6.07) is 5.80. The fraction of sp³-hybridized carbons (Fsp3) is 0.348. The molecule has 0 fully saturated rings. The normalized spacial score (nSPS) is 18.7. The molecule has 3 aromatic heterocycles. The van der Waals surface area contributed by atoms with Crippen LogP contribution in [0.2, 0.25) is 5.02 Å². The molecule has 3 heterocycles. The van der Waals surface area contributed by atoms with Crippen molar-refractivity contribution in [3.05, 3.63) is 70.9 Å². The number of ether oxygens (including phenoxy) is 1. The molecule has 0 radical (unpaired) electrons. The van der Waals surface area contributed by atoms with Crippen LogP contribution in [0, 0.1) is 0 Å². The number of fused-ring (bicyclic) bond motifs is 1. The number of pyridine rings is 1. The Morgan fingerprint density at radius 3 is 2.73 bits per heavy atom. The van der Waals surface area contributed by atoms with Gasteiger partial charge in [-0.05, 0) is 26.2 Å². The van der Waals surface area contributed by atoms with E-state index in [1.165, 1.54) is 0 Å². The lowest BCUT2D eigenvalue weighted by atomic mass is 9.85. The van der Waals surface area contributed by atoms with Crippen LogP contribution in [0.15, 0.2) is 60.0 Å². The van der Waals surface area contributed by atoms with Crippen molar-refractivity contribution in [2.45, 2.75) is 12.0 Å². The van der Waals surface area contributed by atoms with E-state index in [-0.39, 0.29) is 0 Å². The second kappa shape index (κ2) is 9.01. The van der Waals surface area contributed by atoms with Crippen molar-refractivity contribution in [1.82, 2.24) is 29.4 Å². The summed E-state index contributed by atoms with van der Waals surface area (Å²) in [5.74, 6) is 0.916. The Hall–Kier alpha value is -3.14. The van der Waals surface area contributed by atoms with Crippen LogP contribution in [0.5, 0.6) is 0 Å². The van der Waals surface area contributed by atoms with E-state index in [9.17, 15) is 0 Å². The third kappa shape index (κ3) is 4.27. The molecule has 9 nitrogen and oxygen atoms in total. The van der Waals surface area contributed by atoms with Gasteiger partial charge in [0.15, 0.2) is 5.82 Å². The van der Waals surface area contributed by atoms with Crippen LogP contribution in [0.1, 0.15) is 12.2 Å². The molecule has 1 unspecified atom stereocenters. The molecule has 0 amide bonds. The Morgan fingerprint density at radius 2 is 2.00 bits per heavy atom. The Bertz CT molecular complexity index is 1230. The van der Waals surface area contributed by atoms with Gasteiger partial charge in [0, 0.05) is 56.3 Å². The number of methoxy groups -OCH3 is 1. The van der Waals surface area contributed by atoms with Crippen molar-refractivity contribution in [1.29, 1.82) is 0 Å². The highest BCUT2D eigenvalue weighted by atomic mass is 35.5. The number of hydrogen-bond acceptors (Lipinski definition) is 8. The number of hydrogen-bond donors (Lipinski definition) is 2. The summed E-state index contributed by atoms with van der Waals surface area (Å²) in [6.07, 6.45) is 7.35. The van der Waals surface area contributed by atoms with Gasteiger partial charge < -0.3 is 26.0 Å². The lowest BCUT2D eigenvalue weighted by Gasteiger charge is -2.36. The zero-order chi connectivity index (χ0) is 23.8. The molecule has 174 valence electrons. The number of allylic oxidation sites excluding steroid dienone is 1. The molecule has 1 aliphatic carbocycles. The molecular weight excluding hydrogens is 440 g/mol. The zero-order valence-corrected chi connectivity index (χ0v) is 20.0. The lowest BCUT2D eigenvalue weighted by Crippen LogP contribution is -2.45. The summed E-state index contributed by atoms with van der Waals surface area (Å²) >= 11 is 6.50. The van der Waals surface area contributed by atoms with E-state index in [0.29, 0.717) is 34.4 Å². The number of nitrogens with zero attached hydrogens (tertiary/aromatic N) is 6. The van der Waals surface area contributed by atoms with Crippen LogP contribution in [0.3, 0.4) is 0 Å². The predicted octanol–water partition coefficient (Wildman–Crippen LogP) is 2.20. The second-order valence-electron chi connectivity index (χ2n) is 8.47. The van der Waals surface area contributed by atoms with Crippen LogP contribution in [0.25, 0.3) is 16.8 Å². The largest absolute Gasteiger partial charge is 0.499 e. The SMILES string of the molecule is COC1=CC(N(C)CCN(C)C)=C(N)CC1(N)c1ncc(Cl)c(-c2cnn3ccccc23)n1. The Kier molecular flexibility index (Phi) is 6.29. The maximum atomic E-state index is 6.87. The van der Waals surface area contributed by atoms with Crippen LogP contribution < -0.4 is 11.5 Å². The Balaban J connectivity index is 1.73. The van der Waals surface area contributed by atoms with Crippen molar-refractivity contribution >= 4 is 17.1 Å². The monoisotopic (exact) mass is 468 g/mol. The summed E-state index contributed by atoms with van der Waals surface area (Å²) in [7, 11) is 7.66. The summed E-state index contributed by atoms with van der Waals surface area (Å²) in [5, 5.41) is 4.80. The molecule has 0 aromatic carbocycles. The molecule has 33 heavy (non-hydrogen) atoms. The molecule has 0 spiro atoms. The molecule has 4 N–H and O–H groups in total. The van der Waals surface area contributed by atoms with Gasteiger partial charge in [0.1, 0.15) is 11.3 Å². The van der Waals surface area contributed by atoms with E-state index in [0.717, 1.165) is 29.9 Å². The quantitative estimate of drug-likeness (QED) is 0.543. The van der Waals surface area contributed by atoms with Gasteiger partial charge in [0.05, 0.1) is 35.2 Å². The van der Waals surface area contributed by atoms with E-state index in [2.05, 4.69) is 19.9 Å². The van der Waals surface area contributed by atoms with Crippen molar-refractivity contribution in [3.63, 3.8) is 0 Å². The van der Waals surface area contributed by atoms with E-state index < -0.39 is 5.54 Å². The topological polar surface area (TPSA) is 111 Å². The minimum Gasteiger partial charge on any atom is -0.499 e. The van der Waals surface area contributed by atoms with Crippen molar-refractivity contribution in [2.75, 3.05) is 41.3 Å². The van der Waals surface area contributed by atoms with Gasteiger partial charge in [-0.2, -0.15) is 5.10 Å². The number of aromatic nitrogens is 4. The number of likely N-dealkylation sites (N-methyl/N-ethyl adjacent to an activating group) is 2. The summed E-state index contributed by atoms with van der Waals surface area (Å²) in [4.78, 5) is 13.5. The first kappa shape index (κ1) is 23.0. The Morgan fingerprint density at radius 1 is 1.21 bits per heavy atom. The first-order valence-corrected chi connectivity index (χ1v) is 11.0. The van der Waals surface area contributed by atoms with Crippen molar-refractivity contribution in [2.24, 2.45) is 11.5 Å². The molecule has 0 saturated carbocycles. The number of nitrogens with two attached hydrogens (primary N) is 2. The standard InChI is InChI=1S/C23H29ClN8O/c1-30(2)9-10-31(3)19-11-20(33-4)23(26,12-17(19)25)22-27-14-16(24)21(29-22)15-13-28-32-8-6-5-7-18(15)32/h5-8,11,13-14H,9-10,12,25-26H2,1-4H3. The maximum absolute atomic E-state index is 6.87. The molecular formula is C23H29ClN8O.